The highest BCUT2D eigenvalue weighted by Gasteiger charge is 2.31. The van der Waals surface area contributed by atoms with Crippen LogP contribution < -0.4 is 16.1 Å². The average Bonchev–Trinajstić information content (AvgIpc) is 3.07. The minimum Gasteiger partial charge on any atom is -0.371 e. The minimum absolute atomic E-state index is 0. The lowest BCUT2D eigenvalue weighted by Gasteiger charge is -2.08. The number of aromatic nitrogens is 1. The molecule has 2 aromatic heterocycles. The van der Waals surface area contributed by atoms with Crippen LogP contribution in [0.1, 0.15) is 16.9 Å². The molecule has 0 aliphatic heterocycles. The molecule has 10 heteroatoms. The molecular formula is C18H20Cl2F3N3OS. The lowest BCUT2D eigenvalue weighted by molar-refractivity contribution is -0.137. The van der Waals surface area contributed by atoms with E-state index in [2.05, 4.69) is 15.6 Å². The summed E-state index contributed by atoms with van der Waals surface area (Å²) in [7, 11) is 0. The van der Waals surface area contributed by atoms with Crippen molar-refractivity contribution in [1.82, 2.24) is 10.3 Å². The van der Waals surface area contributed by atoms with Gasteiger partial charge in [0, 0.05) is 34.8 Å². The number of hydrogen-bond donors (Lipinski definition) is 3. The Morgan fingerprint density at radius 1 is 1.07 bits per heavy atom. The fraction of sp³-hybridized carbons (Fsp3) is 0.278. The zero-order chi connectivity index (χ0) is 18.6. The van der Waals surface area contributed by atoms with Gasteiger partial charge < -0.3 is 15.6 Å². The third kappa shape index (κ3) is 6.41. The van der Waals surface area contributed by atoms with Crippen molar-refractivity contribution in [3.63, 3.8) is 0 Å². The highest BCUT2D eigenvalue weighted by molar-refractivity contribution is 7.10. The molecular weight excluding hydrogens is 434 g/mol. The minimum atomic E-state index is -4.28. The normalized spacial score (nSPS) is 11.0. The van der Waals surface area contributed by atoms with Crippen LogP contribution in [0.4, 0.5) is 19.0 Å². The van der Waals surface area contributed by atoms with E-state index in [1.54, 1.807) is 6.07 Å². The van der Waals surface area contributed by atoms with Crippen molar-refractivity contribution in [1.29, 1.82) is 0 Å². The van der Waals surface area contributed by atoms with Gasteiger partial charge in [-0.25, -0.2) is 0 Å². The standard InChI is InChI=1S/C18H18F3N3OS.2ClH/c19-18(20,21)12-8-13(26-11-12)10-22-6-3-7-23-17-9-16(25)14-4-1-2-5-15(14)24-17;;/h1-2,4-5,8-9,11,22H,3,6-7,10H2,(H2,23,24,25);2*1H. The van der Waals surface area contributed by atoms with E-state index in [1.165, 1.54) is 12.1 Å². The highest BCUT2D eigenvalue weighted by Crippen LogP contribution is 2.32. The van der Waals surface area contributed by atoms with Gasteiger partial charge in [-0.3, -0.25) is 4.79 Å². The van der Waals surface area contributed by atoms with Gasteiger partial charge in [-0.2, -0.15) is 13.2 Å². The number of anilines is 1. The molecule has 3 N–H and O–H groups in total. The third-order valence-electron chi connectivity index (χ3n) is 3.86. The molecule has 0 unspecified atom stereocenters. The predicted octanol–water partition coefficient (Wildman–Crippen LogP) is 5.04. The van der Waals surface area contributed by atoms with Crippen molar-refractivity contribution < 1.29 is 13.2 Å². The lowest BCUT2D eigenvalue weighted by atomic mass is 10.2. The van der Waals surface area contributed by atoms with E-state index in [0.29, 0.717) is 35.7 Å². The Balaban J connectivity index is 0.00000196. The van der Waals surface area contributed by atoms with Gasteiger partial charge in [-0.05, 0) is 31.2 Å². The summed E-state index contributed by atoms with van der Waals surface area (Å²) in [4.78, 5) is 15.8. The fourth-order valence-corrected chi connectivity index (χ4v) is 3.42. The molecule has 0 aliphatic carbocycles. The third-order valence-corrected chi connectivity index (χ3v) is 4.80. The molecule has 3 aromatic rings. The van der Waals surface area contributed by atoms with Crippen molar-refractivity contribution >= 4 is 52.9 Å². The molecule has 2 heterocycles. The largest absolute Gasteiger partial charge is 0.417 e. The first kappa shape index (κ1) is 24.3. The number of aromatic amines is 1. The first-order valence-electron chi connectivity index (χ1n) is 8.15. The van der Waals surface area contributed by atoms with Gasteiger partial charge in [0.05, 0.1) is 11.1 Å². The molecule has 0 fully saturated rings. The van der Waals surface area contributed by atoms with Crippen LogP contribution in [0.25, 0.3) is 10.9 Å². The van der Waals surface area contributed by atoms with Crippen molar-refractivity contribution in [3.05, 3.63) is 62.4 Å². The summed E-state index contributed by atoms with van der Waals surface area (Å²) >= 11 is 1.10. The van der Waals surface area contributed by atoms with Crippen LogP contribution in [0.2, 0.25) is 0 Å². The Morgan fingerprint density at radius 2 is 1.82 bits per heavy atom. The highest BCUT2D eigenvalue weighted by atomic mass is 35.5. The van der Waals surface area contributed by atoms with E-state index < -0.39 is 11.7 Å². The molecule has 0 aliphatic rings. The Hall–Kier alpha value is -1.74. The first-order valence-corrected chi connectivity index (χ1v) is 9.03. The molecule has 0 radical (unpaired) electrons. The maximum Gasteiger partial charge on any atom is 0.417 e. The maximum atomic E-state index is 12.5. The van der Waals surface area contributed by atoms with Gasteiger partial charge in [-0.1, -0.05) is 12.1 Å². The van der Waals surface area contributed by atoms with Gasteiger partial charge in [-0.15, -0.1) is 36.2 Å². The van der Waals surface area contributed by atoms with Gasteiger partial charge in [0.25, 0.3) is 0 Å². The first-order chi connectivity index (χ1) is 12.4. The predicted molar refractivity (Wildman–Crippen MR) is 113 cm³/mol. The van der Waals surface area contributed by atoms with E-state index in [0.717, 1.165) is 28.7 Å². The Kier molecular flexibility index (Phi) is 9.29. The number of alkyl halides is 3. The SMILES string of the molecule is Cl.Cl.O=c1cc(NCCCNCc2cc(C(F)(F)F)cs2)[nH]c2ccccc12. The van der Waals surface area contributed by atoms with Crippen LogP contribution >= 0.6 is 36.2 Å². The van der Waals surface area contributed by atoms with Crippen molar-refractivity contribution in [2.45, 2.75) is 19.1 Å². The van der Waals surface area contributed by atoms with Gasteiger partial charge in [0.1, 0.15) is 5.82 Å². The summed E-state index contributed by atoms with van der Waals surface area (Å²) in [6, 6.07) is 10.0. The van der Waals surface area contributed by atoms with Crippen LogP contribution in [-0.4, -0.2) is 18.1 Å². The molecule has 0 amide bonds. The Bertz CT molecular complexity index is 943. The second-order valence-electron chi connectivity index (χ2n) is 5.85. The number of fused-ring (bicyclic) bond motifs is 1. The lowest BCUT2D eigenvalue weighted by Crippen LogP contribution is -2.18. The Morgan fingerprint density at radius 3 is 2.54 bits per heavy atom. The van der Waals surface area contributed by atoms with Crippen LogP contribution in [0.3, 0.4) is 0 Å². The van der Waals surface area contributed by atoms with E-state index in [9.17, 15) is 18.0 Å². The van der Waals surface area contributed by atoms with E-state index in [4.69, 9.17) is 0 Å². The summed E-state index contributed by atoms with van der Waals surface area (Å²) in [6.07, 6.45) is -3.51. The molecule has 28 heavy (non-hydrogen) atoms. The van der Waals surface area contributed by atoms with Crippen LogP contribution in [0.15, 0.2) is 46.6 Å². The number of hydrogen-bond acceptors (Lipinski definition) is 4. The molecule has 4 nitrogen and oxygen atoms in total. The monoisotopic (exact) mass is 453 g/mol. The maximum absolute atomic E-state index is 12.5. The number of nitrogens with one attached hydrogen (secondary N) is 3. The molecule has 0 saturated carbocycles. The summed E-state index contributed by atoms with van der Waals surface area (Å²) in [5.41, 5.74) is 0.137. The zero-order valence-corrected chi connectivity index (χ0v) is 17.1. The van der Waals surface area contributed by atoms with Gasteiger partial charge in [0.2, 0.25) is 0 Å². The number of H-pyrrole nitrogens is 1. The average molecular weight is 454 g/mol. The van der Waals surface area contributed by atoms with E-state index in [1.807, 2.05) is 18.2 Å². The number of pyridine rings is 1. The smallest absolute Gasteiger partial charge is 0.371 e. The number of benzene rings is 1. The van der Waals surface area contributed by atoms with Gasteiger partial charge in [0.15, 0.2) is 5.43 Å². The molecule has 154 valence electrons. The number of halogens is 5. The van der Waals surface area contributed by atoms with E-state index >= 15 is 0 Å². The summed E-state index contributed by atoms with van der Waals surface area (Å²) in [5.74, 6) is 0.654. The molecule has 1 aromatic carbocycles. The van der Waals surface area contributed by atoms with Crippen LogP contribution in [0.5, 0.6) is 0 Å². The molecule has 0 atom stereocenters. The Labute approximate surface area is 176 Å². The second-order valence-corrected chi connectivity index (χ2v) is 6.85. The van der Waals surface area contributed by atoms with Crippen molar-refractivity contribution in [3.8, 4) is 0 Å². The number of rotatable bonds is 7. The second kappa shape index (κ2) is 10.7. The molecule has 0 saturated heterocycles. The number of thiophene rings is 1. The van der Waals surface area contributed by atoms with Gasteiger partial charge >= 0.3 is 6.18 Å². The van der Waals surface area contributed by atoms with Crippen molar-refractivity contribution in [2.75, 3.05) is 18.4 Å². The summed E-state index contributed by atoms with van der Waals surface area (Å²) in [5, 5.41) is 8.06. The van der Waals surface area contributed by atoms with Crippen LogP contribution in [-0.2, 0) is 12.7 Å². The van der Waals surface area contributed by atoms with E-state index in [-0.39, 0.29) is 30.2 Å². The summed E-state index contributed by atoms with van der Waals surface area (Å²) < 4.78 is 37.6. The van der Waals surface area contributed by atoms with Crippen molar-refractivity contribution in [2.24, 2.45) is 0 Å². The number of para-hydroxylation sites is 1. The molecule has 0 bridgehead atoms. The fourth-order valence-electron chi connectivity index (χ4n) is 2.56. The zero-order valence-electron chi connectivity index (χ0n) is 14.6. The summed E-state index contributed by atoms with van der Waals surface area (Å²) in [6.45, 7) is 1.71. The molecule has 3 rings (SSSR count). The van der Waals surface area contributed by atoms with Crippen LogP contribution in [0, 0.1) is 0 Å². The quantitative estimate of drug-likeness (QED) is 0.439. The topological polar surface area (TPSA) is 56.9 Å². The molecule has 0 spiro atoms.